The highest BCUT2D eigenvalue weighted by Crippen LogP contribution is 2.31. The van der Waals surface area contributed by atoms with E-state index in [-0.39, 0.29) is 11.1 Å². The zero-order valence-corrected chi connectivity index (χ0v) is 15.1. The van der Waals surface area contributed by atoms with Gasteiger partial charge in [0.1, 0.15) is 17.4 Å². The van der Waals surface area contributed by atoms with Crippen LogP contribution >= 0.6 is 0 Å². The minimum Gasteiger partial charge on any atom is -0.497 e. The van der Waals surface area contributed by atoms with Gasteiger partial charge < -0.3 is 15.4 Å². The molecule has 0 unspecified atom stereocenters. The van der Waals surface area contributed by atoms with Crippen molar-refractivity contribution in [3.05, 3.63) is 65.2 Å². The van der Waals surface area contributed by atoms with E-state index in [4.69, 9.17) is 4.74 Å². The predicted octanol–water partition coefficient (Wildman–Crippen LogP) is 3.49. The summed E-state index contributed by atoms with van der Waals surface area (Å²) < 4.78 is 5.12. The van der Waals surface area contributed by atoms with Gasteiger partial charge in [-0.2, -0.15) is 5.26 Å². The van der Waals surface area contributed by atoms with Gasteiger partial charge in [-0.25, -0.2) is 0 Å². The van der Waals surface area contributed by atoms with Crippen molar-refractivity contribution < 1.29 is 9.53 Å². The largest absolute Gasteiger partial charge is 0.497 e. The van der Waals surface area contributed by atoms with E-state index in [1.54, 1.807) is 31.4 Å². The number of nitrogens with one attached hydrogen (secondary N) is 2. The topological polar surface area (TPSA) is 74.1 Å². The number of nitriles is 1. The van der Waals surface area contributed by atoms with E-state index < -0.39 is 5.91 Å². The van der Waals surface area contributed by atoms with E-state index in [1.165, 1.54) is 0 Å². The Hall–Kier alpha value is -3.26. The third kappa shape index (κ3) is 3.55. The highest BCUT2D eigenvalue weighted by molar-refractivity contribution is 6.12. The Labute approximate surface area is 153 Å². The second-order valence-corrected chi connectivity index (χ2v) is 6.89. The van der Waals surface area contributed by atoms with E-state index >= 15 is 0 Å². The smallest absolute Gasteiger partial charge is 0.268 e. The molecule has 0 aromatic heterocycles. The summed E-state index contributed by atoms with van der Waals surface area (Å²) in [5.41, 5.74) is 3.02. The molecule has 26 heavy (non-hydrogen) atoms. The molecule has 0 fully saturated rings. The molecule has 0 atom stereocenters. The summed E-state index contributed by atoms with van der Waals surface area (Å²) in [7, 11) is 1.58. The van der Waals surface area contributed by atoms with E-state index in [0.29, 0.717) is 17.1 Å². The summed E-state index contributed by atoms with van der Waals surface area (Å²) in [6, 6.07) is 16.9. The van der Waals surface area contributed by atoms with E-state index in [2.05, 4.69) is 30.6 Å². The summed E-state index contributed by atoms with van der Waals surface area (Å²) in [6.07, 6.45) is 0.825. The molecule has 2 aromatic rings. The normalized spacial score (nSPS) is 16.5. The molecule has 1 aliphatic rings. The van der Waals surface area contributed by atoms with Crippen LogP contribution in [-0.2, 0) is 11.2 Å². The molecule has 1 amide bonds. The van der Waals surface area contributed by atoms with Crippen LogP contribution in [0.25, 0.3) is 5.70 Å². The minimum atomic E-state index is -0.437. The monoisotopic (exact) mass is 347 g/mol. The van der Waals surface area contributed by atoms with Gasteiger partial charge in [-0.1, -0.05) is 24.3 Å². The number of hydrogen-bond acceptors (Lipinski definition) is 4. The second kappa shape index (κ2) is 6.93. The summed E-state index contributed by atoms with van der Waals surface area (Å²) in [5, 5.41) is 15.8. The molecule has 1 aliphatic heterocycles. The van der Waals surface area contributed by atoms with Crippen LogP contribution in [0.2, 0.25) is 0 Å². The number of methoxy groups -OCH3 is 1. The molecule has 1 heterocycles. The molecule has 2 aromatic carbocycles. The van der Waals surface area contributed by atoms with Crippen molar-refractivity contribution in [2.24, 2.45) is 0 Å². The average molecular weight is 347 g/mol. The van der Waals surface area contributed by atoms with Gasteiger partial charge in [-0.05, 0) is 50.1 Å². The zero-order chi connectivity index (χ0) is 18.7. The standard InChI is InChI=1S/C21H21N3O2/c1-21(2)12-14-6-4-5-7-17(14)19(24-21)18(13-22)20(25)23-15-8-10-16(26-3)11-9-15/h4-11,24H,12H2,1-3H3,(H,23,25)/b19-18+. The molecule has 5 heteroatoms. The Morgan fingerprint density at radius 1 is 1.19 bits per heavy atom. The number of hydrogen-bond donors (Lipinski definition) is 2. The summed E-state index contributed by atoms with van der Waals surface area (Å²) in [6.45, 7) is 4.11. The quantitative estimate of drug-likeness (QED) is 0.658. The molecule has 2 N–H and O–H groups in total. The maximum absolute atomic E-state index is 12.8. The Morgan fingerprint density at radius 3 is 2.54 bits per heavy atom. The zero-order valence-electron chi connectivity index (χ0n) is 15.1. The molecule has 5 nitrogen and oxygen atoms in total. The third-order valence-electron chi connectivity index (χ3n) is 4.32. The molecule has 0 aliphatic carbocycles. The van der Waals surface area contributed by atoms with Crippen LogP contribution in [0.3, 0.4) is 0 Å². The van der Waals surface area contributed by atoms with Gasteiger partial charge in [-0.15, -0.1) is 0 Å². The fourth-order valence-corrected chi connectivity index (χ4v) is 3.13. The first-order chi connectivity index (χ1) is 12.4. The van der Waals surface area contributed by atoms with Gasteiger partial charge in [0.15, 0.2) is 0 Å². The third-order valence-corrected chi connectivity index (χ3v) is 4.32. The summed E-state index contributed by atoms with van der Waals surface area (Å²) in [5.74, 6) is 0.263. The number of anilines is 1. The minimum absolute atomic E-state index is 0.0704. The number of carbonyl (C=O) groups is 1. The van der Waals surface area contributed by atoms with Crippen LogP contribution in [0.4, 0.5) is 5.69 Å². The molecular formula is C21H21N3O2. The van der Waals surface area contributed by atoms with Crippen LogP contribution in [0.1, 0.15) is 25.0 Å². The molecule has 0 radical (unpaired) electrons. The summed E-state index contributed by atoms with van der Waals surface area (Å²) >= 11 is 0. The molecule has 132 valence electrons. The molecule has 0 bridgehead atoms. The first-order valence-corrected chi connectivity index (χ1v) is 8.40. The second-order valence-electron chi connectivity index (χ2n) is 6.89. The van der Waals surface area contributed by atoms with Crippen molar-refractivity contribution in [1.82, 2.24) is 5.32 Å². The average Bonchev–Trinajstić information content (AvgIpc) is 2.62. The fraction of sp³-hybridized carbons (Fsp3) is 0.238. The van der Waals surface area contributed by atoms with Crippen LogP contribution in [0, 0.1) is 11.3 Å². The number of nitrogens with zero attached hydrogens (tertiary/aromatic N) is 1. The molecular weight excluding hydrogens is 326 g/mol. The first-order valence-electron chi connectivity index (χ1n) is 8.40. The molecule has 3 rings (SSSR count). The van der Waals surface area contributed by atoms with Crippen molar-refractivity contribution in [2.75, 3.05) is 12.4 Å². The number of rotatable bonds is 3. The van der Waals surface area contributed by atoms with E-state index in [9.17, 15) is 10.1 Å². The van der Waals surface area contributed by atoms with Gasteiger partial charge >= 0.3 is 0 Å². The van der Waals surface area contributed by atoms with Crippen LogP contribution < -0.4 is 15.4 Å². The number of ether oxygens (including phenoxy) is 1. The van der Waals surface area contributed by atoms with Crippen molar-refractivity contribution in [1.29, 1.82) is 5.26 Å². The van der Waals surface area contributed by atoms with E-state index in [0.717, 1.165) is 17.5 Å². The maximum atomic E-state index is 12.8. The van der Waals surface area contributed by atoms with Crippen LogP contribution in [0.5, 0.6) is 5.75 Å². The van der Waals surface area contributed by atoms with Gasteiger partial charge in [-0.3, -0.25) is 4.79 Å². The Balaban J connectivity index is 1.98. The Morgan fingerprint density at radius 2 is 1.88 bits per heavy atom. The molecule has 0 saturated carbocycles. The Bertz CT molecular complexity index is 906. The lowest BCUT2D eigenvalue weighted by Crippen LogP contribution is -2.44. The van der Waals surface area contributed by atoms with Crippen LogP contribution in [-0.4, -0.2) is 18.6 Å². The number of carbonyl (C=O) groups excluding carboxylic acids is 1. The van der Waals surface area contributed by atoms with Gasteiger partial charge in [0.25, 0.3) is 5.91 Å². The number of benzene rings is 2. The molecule has 0 saturated heterocycles. The van der Waals surface area contributed by atoms with Gasteiger partial charge in [0, 0.05) is 16.8 Å². The van der Waals surface area contributed by atoms with Crippen molar-refractivity contribution in [3.63, 3.8) is 0 Å². The van der Waals surface area contributed by atoms with Crippen molar-refractivity contribution in [2.45, 2.75) is 25.8 Å². The van der Waals surface area contributed by atoms with Gasteiger partial charge in [0.2, 0.25) is 0 Å². The van der Waals surface area contributed by atoms with Crippen molar-refractivity contribution in [3.8, 4) is 11.8 Å². The van der Waals surface area contributed by atoms with Crippen LogP contribution in [0.15, 0.2) is 54.1 Å². The number of fused-ring (bicyclic) bond motifs is 1. The predicted molar refractivity (Wildman–Crippen MR) is 102 cm³/mol. The maximum Gasteiger partial charge on any atom is 0.268 e. The van der Waals surface area contributed by atoms with E-state index in [1.807, 2.05) is 24.3 Å². The van der Waals surface area contributed by atoms with Crippen molar-refractivity contribution >= 4 is 17.3 Å². The lowest BCUT2D eigenvalue weighted by molar-refractivity contribution is -0.112. The molecule has 0 spiro atoms. The Kier molecular flexibility index (Phi) is 4.68. The lowest BCUT2D eigenvalue weighted by Gasteiger charge is -2.36. The number of amides is 1. The highest BCUT2D eigenvalue weighted by atomic mass is 16.5. The highest BCUT2D eigenvalue weighted by Gasteiger charge is 2.30. The summed E-state index contributed by atoms with van der Waals surface area (Å²) in [4.78, 5) is 12.8. The van der Waals surface area contributed by atoms with Gasteiger partial charge in [0.05, 0.1) is 12.8 Å². The SMILES string of the molecule is COc1ccc(NC(=O)/C(C#N)=C2/NC(C)(C)Cc3ccccc32)cc1. The lowest BCUT2D eigenvalue weighted by atomic mass is 9.84. The first kappa shape index (κ1) is 17.6. The fourth-order valence-electron chi connectivity index (χ4n) is 3.13.